The molecule has 0 aliphatic rings. The molecule has 7 aromatic carbocycles. The molecule has 0 aliphatic heterocycles. The molecule has 0 N–H and O–H groups in total. The molecular formula is C77H59N17. The monoisotopic (exact) mass is 1220 g/mol. The van der Waals surface area contributed by atoms with Crippen LogP contribution in [0.3, 0.4) is 0 Å². The maximum Gasteiger partial charge on any atom is 0.165 e. The summed E-state index contributed by atoms with van der Waals surface area (Å²) < 4.78 is 0. The Labute approximate surface area is 544 Å². The summed E-state index contributed by atoms with van der Waals surface area (Å²) >= 11 is 0. The average molecular weight is 1220 g/mol. The SMILES string of the molecule is Cc1ccc(-c2nc(C)nc(-c3cccnc3)n2)cc1.Cc1ccc(-c2nc(C)nc(-c3ccncc3)n2)cc1.Cc1nc(-c2ccc(C#N)cc2)nc(-c2ccc(-c3ccccc3)cc2)n1.Cc1nc(-c2ccc(C#N)cc2)nc(-c2ccc(-c3ccccn3)cc2)n1. The summed E-state index contributed by atoms with van der Waals surface area (Å²) in [4.78, 5) is 66.3. The lowest BCUT2D eigenvalue weighted by Crippen LogP contribution is -1.99. The molecule has 0 unspecified atom stereocenters. The van der Waals surface area contributed by atoms with E-state index in [9.17, 15) is 0 Å². The van der Waals surface area contributed by atoms with Gasteiger partial charge in [-0.25, -0.2) is 59.8 Å². The molecule has 0 fully saturated rings. The van der Waals surface area contributed by atoms with Crippen LogP contribution < -0.4 is 0 Å². The van der Waals surface area contributed by atoms with Gasteiger partial charge in [0.15, 0.2) is 46.6 Å². The molecule has 0 spiro atoms. The molecule has 0 saturated carbocycles. The van der Waals surface area contributed by atoms with E-state index in [-0.39, 0.29) is 0 Å². The molecule has 0 aliphatic carbocycles. The Morgan fingerprint density at radius 3 is 0.894 bits per heavy atom. The normalized spacial score (nSPS) is 10.4. The highest BCUT2D eigenvalue weighted by molar-refractivity contribution is 5.70. The van der Waals surface area contributed by atoms with Gasteiger partial charge in [0.1, 0.15) is 23.3 Å². The first kappa shape index (κ1) is 62.6. The molecule has 452 valence electrons. The lowest BCUT2D eigenvalue weighted by molar-refractivity contribution is 0.989. The Balaban J connectivity index is 0.000000129. The minimum atomic E-state index is 0.593. The fourth-order valence-electron chi connectivity index (χ4n) is 9.52. The van der Waals surface area contributed by atoms with Crippen molar-refractivity contribution in [2.45, 2.75) is 41.5 Å². The van der Waals surface area contributed by atoms with Gasteiger partial charge in [0.05, 0.1) is 29.0 Å². The fourth-order valence-corrected chi connectivity index (χ4v) is 9.52. The van der Waals surface area contributed by atoms with Crippen molar-refractivity contribution in [3.05, 3.63) is 295 Å². The van der Waals surface area contributed by atoms with E-state index < -0.39 is 0 Å². The zero-order chi connectivity index (χ0) is 65.2. The predicted octanol–water partition coefficient (Wildman–Crippen LogP) is 15.9. The molecule has 14 rings (SSSR count). The zero-order valence-corrected chi connectivity index (χ0v) is 52.3. The molecule has 14 aromatic rings. The third kappa shape index (κ3) is 16.4. The smallest absolute Gasteiger partial charge is 0.165 e. The first-order valence-corrected chi connectivity index (χ1v) is 29.9. The van der Waals surface area contributed by atoms with Crippen molar-refractivity contribution in [2.24, 2.45) is 0 Å². The van der Waals surface area contributed by atoms with E-state index >= 15 is 0 Å². The van der Waals surface area contributed by atoms with Gasteiger partial charge in [-0.3, -0.25) is 15.0 Å². The summed E-state index contributed by atoms with van der Waals surface area (Å²) in [5, 5.41) is 17.9. The second-order valence-corrected chi connectivity index (χ2v) is 21.4. The second-order valence-electron chi connectivity index (χ2n) is 21.4. The Morgan fingerprint density at radius 1 is 0.234 bits per heavy atom. The number of pyridine rings is 3. The molecule has 7 heterocycles. The Hall–Kier alpha value is -13.0. The van der Waals surface area contributed by atoms with Crippen molar-refractivity contribution in [1.29, 1.82) is 10.5 Å². The van der Waals surface area contributed by atoms with Gasteiger partial charge in [-0.05, 0) is 138 Å². The van der Waals surface area contributed by atoms with Crippen LogP contribution >= 0.6 is 0 Å². The van der Waals surface area contributed by atoms with Crippen LogP contribution in [0, 0.1) is 64.2 Å². The first-order chi connectivity index (χ1) is 45.9. The quantitative estimate of drug-likeness (QED) is 0.124. The lowest BCUT2D eigenvalue weighted by atomic mass is 10.0. The third-order valence-corrected chi connectivity index (χ3v) is 14.4. The number of nitriles is 2. The fraction of sp³-hybridized carbons (Fsp3) is 0.0779. The minimum absolute atomic E-state index is 0.593. The van der Waals surface area contributed by atoms with Gasteiger partial charge in [0, 0.05) is 81.1 Å². The molecule has 0 atom stereocenters. The topological polar surface area (TPSA) is 241 Å². The third-order valence-electron chi connectivity index (χ3n) is 14.4. The summed E-state index contributed by atoms with van der Waals surface area (Å²) in [5.74, 6) is 7.90. The molecule has 17 heteroatoms. The maximum absolute atomic E-state index is 8.95. The number of aromatic nitrogens is 15. The van der Waals surface area contributed by atoms with Gasteiger partial charge in [-0.1, -0.05) is 145 Å². The molecule has 0 radical (unpaired) electrons. The van der Waals surface area contributed by atoms with Gasteiger partial charge >= 0.3 is 0 Å². The summed E-state index contributed by atoms with van der Waals surface area (Å²) in [6, 6.07) is 74.9. The van der Waals surface area contributed by atoms with Crippen molar-refractivity contribution in [3.8, 4) is 126 Å². The van der Waals surface area contributed by atoms with E-state index in [2.05, 4.69) is 149 Å². The molecule has 0 bridgehead atoms. The lowest BCUT2D eigenvalue weighted by Gasteiger charge is -2.07. The summed E-state index contributed by atoms with van der Waals surface area (Å²) in [6.45, 7) is 11.6. The van der Waals surface area contributed by atoms with Crippen LogP contribution in [0.5, 0.6) is 0 Å². The summed E-state index contributed by atoms with van der Waals surface area (Å²) in [6.07, 6.45) is 8.74. The van der Waals surface area contributed by atoms with Crippen molar-refractivity contribution in [1.82, 2.24) is 74.8 Å². The van der Waals surface area contributed by atoms with E-state index in [1.165, 1.54) is 16.7 Å². The van der Waals surface area contributed by atoms with Crippen LogP contribution in [0.2, 0.25) is 0 Å². The number of aryl methyl sites for hydroxylation is 6. The van der Waals surface area contributed by atoms with Crippen molar-refractivity contribution in [2.75, 3.05) is 0 Å². The number of hydrogen-bond donors (Lipinski definition) is 0. The first-order valence-electron chi connectivity index (χ1n) is 29.9. The minimum Gasteiger partial charge on any atom is -0.265 e. The molecular weight excluding hydrogens is 1160 g/mol. The van der Waals surface area contributed by atoms with E-state index in [0.29, 0.717) is 81.0 Å². The largest absolute Gasteiger partial charge is 0.265 e. The number of hydrogen-bond acceptors (Lipinski definition) is 17. The van der Waals surface area contributed by atoms with Crippen LogP contribution in [0.1, 0.15) is 45.6 Å². The van der Waals surface area contributed by atoms with Gasteiger partial charge in [0.25, 0.3) is 0 Å². The van der Waals surface area contributed by atoms with E-state index in [1.54, 1.807) is 55.2 Å². The molecule has 0 saturated heterocycles. The van der Waals surface area contributed by atoms with Crippen molar-refractivity contribution >= 4 is 0 Å². The van der Waals surface area contributed by atoms with Gasteiger partial charge < -0.3 is 0 Å². The van der Waals surface area contributed by atoms with E-state index in [4.69, 9.17) is 10.5 Å². The second kappa shape index (κ2) is 30.0. The highest BCUT2D eigenvalue weighted by Gasteiger charge is 2.14. The summed E-state index contributed by atoms with van der Waals surface area (Å²) in [7, 11) is 0. The highest BCUT2D eigenvalue weighted by atomic mass is 15.1. The Morgan fingerprint density at radius 2 is 0.543 bits per heavy atom. The van der Waals surface area contributed by atoms with Crippen LogP contribution in [-0.2, 0) is 0 Å². The number of rotatable bonds is 10. The predicted molar refractivity (Wildman–Crippen MR) is 365 cm³/mol. The number of nitrogens with zero attached hydrogens (tertiary/aromatic N) is 17. The summed E-state index contributed by atoms with van der Waals surface area (Å²) in [5.41, 5.74) is 15.3. The molecule has 94 heavy (non-hydrogen) atoms. The van der Waals surface area contributed by atoms with E-state index in [0.717, 1.165) is 61.3 Å². The molecule has 17 nitrogen and oxygen atoms in total. The van der Waals surface area contributed by atoms with Crippen LogP contribution in [-0.4, -0.2) is 74.8 Å². The highest BCUT2D eigenvalue weighted by Crippen LogP contribution is 2.28. The Bertz CT molecular complexity index is 4600. The Kier molecular flexibility index (Phi) is 20.0. The maximum atomic E-state index is 8.95. The van der Waals surface area contributed by atoms with Gasteiger partial charge in [0.2, 0.25) is 0 Å². The molecule has 7 aromatic heterocycles. The van der Waals surface area contributed by atoms with Gasteiger partial charge in [-0.2, -0.15) is 10.5 Å². The van der Waals surface area contributed by atoms with Crippen LogP contribution in [0.25, 0.3) is 113 Å². The average Bonchev–Trinajstić information content (AvgIpc) is 1.06. The van der Waals surface area contributed by atoms with Crippen LogP contribution in [0.15, 0.2) is 249 Å². The standard InChI is InChI=1S/C23H16N4.C22H15N5.2C16H14N4/c1-16-25-22(20-9-7-17(15-24)8-10-20)27-23(26-16)21-13-11-19(12-14-21)18-5-3-2-4-6-18;1-15-25-21(18-7-5-16(14-23)6-8-18)27-22(26-15)19-11-9-17(10-12-19)20-4-2-3-13-24-20;1-11-3-5-13(6-4-11)15-18-12(2)19-16(20-15)14-7-9-17-10-8-14;1-11-5-7-13(8-6-11)15-18-12(2)19-16(20-15)14-4-3-9-17-10-14/h2-14H,1H3;2-13H,1H3;2*3-10H,1-2H3. The van der Waals surface area contributed by atoms with Crippen molar-refractivity contribution < 1.29 is 0 Å². The van der Waals surface area contributed by atoms with E-state index in [1.807, 2.05) is 173 Å². The zero-order valence-electron chi connectivity index (χ0n) is 52.3. The van der Waals surface area contributed by atoms with Crippen molar-refractivity contribution in [3.63, 3.8) is 0 Å². The molecule has 0 amide bonds. The van der Waals surface area contributed by atoms with Crippen LogP contribution in [0.4, 0.5) is 0 Å². The van der Waals surface area contributed by atoms with Gasteiger partial charge in [-0.15, -0.1) is 0 Å². The number of benzene rings is 7.